The number of allylic oxidation sites excluding steroid dienone is 1. The van der Waals surface area contributed by atoms with Crippen molar-refractivity contribution in [1.82, 2.24) is 13.9 Å². The molecular formula is C19H33N3O3S. The third-order valence-electron chi connectivity index (χ3n) is 5.92. The molecule has 3 aliphatic rings. The Balaban J connectivity index is 1.41. The molecule has 0 bridgehead atoms. The molecule has 0 radical (unpaired) electrons. The minimum Gasteiger partial charge on any atom is -0.356 e. The Bertz CT molecular complexity index is 604. The second-order valence-corrected chi connectivity index (χ2v) is 9.72. The molecule has 1 N–H and O–H groups in total. The zero-order chi connectivity index (χ0) is 18.4. The molecule has 2 saturated heterocycles. The van der Waals surface area contributed by atoms with E-state index >= 15 is 0 Å². The maximum atomic E-state index is 12.7. The molecule has 0 saturated carbocycles. The van der Waals surface area contributed by atoms with E-state index in [-0.39, 0.29) is 11.8 Å². The molecule has 2 aliphatic heterocycles. The van der Waals surface area contributed by atoms with Crippen LogP contribution in [0.1, 0.15) is 64.2 Å². The summed E-state index contributed by atoms with van der Waals surface area (Å²) in [6, 6.07) is 0. The fraction of sp³-hybridized carbons (Fsp3) is 0.842. The van der Waals surface area contributed by atoms with E-state index in [1.54, 1.807) is 8.61 Å². The predicted molar refractivity (Wildman–Crippen MR) is 103 cm³/mol. The van der Waals surface area contributed by atoms with Crippen molar-refractivity contribution in [2.75, 3.05) is 32.7 Å². The number of piperidine rings is 2. The van der Waals surface area contributed by atoms with Crippen molar-refractivity contribution in [3.05, 3.63) is 11.6 Å². The van der Waals surface area contributed by atoms with Gasteiger partial charge in [0.05, 0.1) is 0 Å². The van der Waals surface area contributed by atoms with Gasteiger partial charge in [-0.15, -0.1) is 0 Å². The Morgan fingerprint density at radius 2 is 1.69 bits per heavy atom. The van der Waals surface area contributed by atoms with Crippen molar-refractivity contribution >= 4 is 16.1 Å². The van der Waals surface area contributed by atoms with Gasteiger partial charge in [0.25, 0.3) is 10.2 Å². The summed E-state index contributed by atoms with van der Waals surface area (Å²) in [6.45, 7) is 2.90. The molecule has 0 aromatic heterocycles. The number of nitrogens with one attached hydrogen (secondary N) is 1. The maximum absolute atomic E-state index is 12.7. The van der Waals surface area contributed by atoms with Crippen LogP contribution < -0.4 is 5.32 Å². The minimum atomic E-state index is -3.34. The van der Waals surface area contributed by atoms with Gasteiger partial charge in [-0.1, -0.05) is 18.1 Å². The van der Waals surface area contributed by atoms with Crippen LogP contribution in [0, 0.1) is 5.92 Å². The Labute approximate surface area is 158 Å². The van der Waals surface area contributed by atoms with Crippen molar-refractivity contribution in [1.29, 1.82) is 0 Å². The Kier molecular flexibility index (Phi) is 7.12. The molecule has 148 valence electrons. The second kappa shape index (κ2) is 9.33. The van der Waals surface area contributed by atoms with Crippen molar-refractivity contribution in [3.63, 3.8) is 0 Å². The lowest BCUT2D eigenvalue weighted by molar-refractivity contribution is -0.126. The fourth-order valence-electron chi connectivity index (χ4n) is 4.23. The molecule has 0 spiro atoms. The first kappa shape index (κ1) is 19.8. The standard InChI is InChI=1S/C19H33N3O3S/c23-19(20-12-9-17-7-3-1-4-8-17)18-10-15-22(16-11-18)26(24,25)21-13-5-2-6-14-21/h7,18H,1-6,8-16H2,(H,20,23). The highest BCUT2D eigenvalue weighted by Gasteiger charge is 2.35. The van der Waals surface area contributed by atoms with E-state index in [4.69, 9.17) is 0 Å². The molecule has 2 fully saturated rings. The van der Waals surface area contributed by atoms with Crippen molar-refractivity contribution in [2.45, 2.75) is 64.2 Å². The molecule has 1 aliphatic carbocycles. The monoisotopic (exact) mass is 383 g/mol. The molecule has 26 heavy (non-hydrogen) atoms. The highest BCUT2D eigenvalue weighted by molar-refractivity contribution is 7.86. The Morgan fingerprint density at radius 1 is 1.00 bits per heavy atom. The van der Waals surface area contributed by atoms with Crippen LogP contribution in [0.2, 0.25) is 0 Å². The predicted octanol–water partition coefficient (Wildman–Crippen LogP) is 2.44. The zero-order valence-electron chi connectivity index (χ0n) is 15.8. The van der Waals surface area contributed by atoms with Crippen LogP contribution >= 0.6 is 0 Å². The molecule has 1 amide bonds. The van der Waals surface area contributed by atoms with Crippen molar-refractivity contribution in [2.24, 2.45) is 5.92 Å². The minimum absolute atomic E-state index is 0.0526. The molecule has 0 aromatic carbocycles. The Morgan fingerprint density at radius 3 is 2.35 bits per heavy atom. The van der Waals surface area contributed by atoms with Crippen molar-refractivity contribution in [3.8, 4) is 0 Å². The molecule has 0 atom stereocenters. The van der Waals surface area contributed by atoms with Gasteiger partial charge in [-0.25, -0.2) is 0 Å². The molecule has 0 aromatic rings. The topological polar surface area (TPSA) is 69.7 Å². The van der Waals surface area contributed by atoms with E-state index in [0.717, 1.165) is 25.7 Å². The highest BCUT2D eigenvalue weighted by Crippen LogP contribution is 2.24. The highest BCUT2D eigenvalue weighted by atomic mass is 32.2. The van der Waals surface area contributed by atoms with Gasteiger partial charge in [0.1, 0.15) is 0 Å². The first-order valence-electron chi connectivity index (χ1n) is 10.3. The summed E-state index contributed by atoms with van der Waals surface area (Å²) in [5, 5.41) is 3.06. The first-order valence-corrected chi connectivity index (χ1v) is 11.7. The number of hydrogen-bond acceptors (Lipinski definition) is 3. The molecule has 3 rings (SSSR count). The Hall–Kier alpha value is -0.920. The van der Waals surface area contributed by atoms with Crippen LogP contribution in [0.3, 0.4) is 0 Å². The summed E-state index contributed by atoms with van der Waals surface area (Å²) in [4.78, 5) is 12.4. The zero-order valence-corrected chi connectivity index (χ0v) is 16.6. The summed E-state index contributed by atoms with van der Waals surface area (Å²) in [5.41, 5.74) is 1.47. The van der Waals surface area contributed by atoms with Gasteiger partial charge in [0.15, 0.2) is 0 Å². The summed E-state index contributed by atoms with van der Waals surface area (Å²) >= 11 is 0. The summed E-state index contributed by atoms with van der Waals surface area (Å²) < 4.78 is 28.6. The van der Waals surface area contributed by atoms with Gasteiger partial charge in [-0.3, -0.25) is 4.79 Å². The van der Waals surface area contributed by atoms with Gasteiger partial charge >= 0.3 is 0 Å². The van der Waals surface area contributed by atoms with Gasteiger partial charge in [0.2, 0.25) is 5.91 Å². The third-order valence-corrected chi connectivity index (χ3v) is 7.96. The number of rotatable bonds is 6. The first-order chi connectivity index (χ1) is 12.6. The van der Waals surface area contributed by atoms with Crippen LogP contribution in [0.25, 0.3) is 0 Å². The molecule has 0 unspecified atom stereocenters. The quantitative estimate of drug-likeness (QED) is 0.716. The number of amides is 1. The van der Waals surface area contributed by atoms with Gasteiger partial charge in [-0.05, 0) is 57.8 Å². The van der Waals surface area contributed by atoms with Crippen molar-refractivity contribution < 1.29 is 13.2 Å². The van der Waals surface area contributed by atoms with E-state index in [1.807, 2.05) is 0 Å². The summed E-state index contributed by atoms with van der Waals surface area (Å²) in [7, 11) is -3.34. The van der Waals surface area contributed by atoms with E-state index in [2.05, 4.69) is 11.4 Å². The lowest BCUT2D eigenvalue weighted by atomic mass is 9.96. The molecule has 6 nitrogen and oxygen atoms in total. The second-order valence-electron chi connectivity index (χ2n) is 7.79. The van der Waals surface area contributed by atoms with Crippen LogP contribution in [0.15, 0.2) is 11.6 Å². The van der Waals surface area contributed by atoms with E-state index in [0.29, 0.717) is 45.6 Å². The van der Waals surface area contributed by atoms with Crippen LogP contribution in [-0.4, -0.2) is 55.7 Å². The normalized spacial score (nSPS) is 24.2. The fourth-order valence-corrected chi connectivity index (χ4v) is 5.95. The largest absolute Gasteiger partial charge is 0.356 e. The van der Waals surface area contributed by atoms with E-state index in [9.17, 15) is 13.2 Å². The number of carbonyl (C=O) groups excluding carboxylic acids is 1. The van der Waals surface area contributed by atoms with Gasteiger partial charge < -0.3 is 5.32 Å². The number of hydrogen-bond donors (Lipinski definition) is 1. The lowest BCUT2D eigenvalue weighted by Crippen LogP contribution is -2.50. The van der Waals surface area contributed by atoms with Gasteiger partial charge in [0, 0.05) is 38.6 Å². The molecule has 2 heterocycles. The molecule has 7 heteroatoms. The smallest absolute Gasteiger partial charge is 0.281 e. The number of nitrogens with zero attached hydrogens (tertiary/aromatic N) is 2. The van der Waals surface area contributed by atoms with Crippen LogP contribution in [0.4, 0.5) is 0 Å². The van der Waals surface area contributed by atoms with Crippen LogP contribution in [0.5, 0.6) is 0 Å². The average Bonchev–Trinajstić information content (AvgIpc) is 2.69. The third kappa shape index (κ3) is 5.08. The maximum Gasteiger partial charge on any atom is 0.281 e. The average molecular weight is 384 g/mol. The van der Waals surface area contributed by atoms with Crippen LogP contribution in [-0.2, 0) is 15.0 Å². The summed E-state index contributed by atoms with van der Waals surface area (Å²) in [6.07, 6.45) is 12.4. The SMILES string of the molecule is O=C(NCCC1=CCCCC1)C1CCN(S(=O)(=O)N2CCCCC2)CC1. The summed E-state index contributed by atoms with van der Waals surface area (Å²) in [5.74, 6) is 0.0413. The van der Waals surface area contributed by atoms with E-state index < -0.39 is 10.2 Å². The number of carbonyl (C=O) groups is 1. The van der Waals surface area contributed by atoms with Gasteiger partial charge in [-0.2, -0.15) is 17.0 Å². The molecular weight excluding hydrogens is 350 g/mol. The lowest BCUT2D eigenvalue weighted by Gasteiger charge is -2.35. The van der Waals surface area contributed by atoms with E-state index in [1.165, 1.54) is 31.3 Å².